The summed E-state index contributed by atoms with van der Waals surface area (Å²) in [5.41, 5.74) is 4.50. The molecule has 21 heavy (non-hydrogen) atoms. The highest BCUT2D eigenvalue weighted by atomic mass is 35.5. The second-order valence-electron chi connectivity index (χ2n) is 3.82. The predicted octanol–water partition coefficient (Wildman–Crippen LogP) is 2.38. The van der Waals surface area contributed by atoms with Crippen molar-refractivity contribution in [3.05, 3.63) is 61.3 Å². The Labute approximate surface area is 127 Å². The van der Waals surface area contributed by atoms with Crippen molar-refractivity contribution in [2.24, 2.45) is 0 Å². The summed E-state index contributed by atoms with van der Waals surface area (Å²) in [7, 11) is 0. The monoisotopic (exact) mass is 325 g/mol. The molecule has 7 nitrogen and oxygen atoms in total. The molecule has 0 atom stereocenters. The number of hydrogen-bond acceptors (Lipinski definition) is 5. The van der Waals surface area contributed by atoms with Gasteiger partial charge in [0.1, 0.15) is 0 Å². The van der Waals surface area contributed by atoms with Crippen LogP contribution in [0.1, 0.15) is 20.0 Å². The Morgan fingerprint density at radius 1 is 1.05 bits per heavy atom. The van der Waals surface area contributed by atoms with Gasteiger partial charge in [0, 0.05) is 17.7 Å². The van der Waals surface area contributed by atoms with E-state index in [0.29, 0.717) is 9.21 Å². The SMILES string of the molecule is O=C(NNC(=O)c1ccc(Cl)s1)c1ccc([N+](=O)[O-])cc1. The number of benzene rings is 1. The summed E-state index contributed by atoms with van der Waals surface area (Å²) in [6.07, 6.45) is 0. The van der Waals surface area contributed by atoms with Crippen LogP contribution in [0.5, 0.6) is 0 Å². The highest BCUT2D eigenvalue weighted by Crippen LogP contribution is 2.20. The van der Waals surface area contributed by atoms with Crippen LogP contribution in [0.25, 0.3) is 0 Å². The van der Waals surface area contributed by atoms with Gasteiger partial charge in [-0.2, -0.15) is 0 Å². The third kappa shape index (κ3) is 3.77. The number of nitro benzene ring substituents is 1. The lowest BCUT2D eigenvalue weighted by Gasteiger charge is -2.05. The lowest BCUT2D eigenvalue weighted by Crippen LogP contribution is -2.41. The molecule has 0 fully saturated rings. The molecular formula is C12H8ClN3O4S. The number of carbonyl (C=O) groups excluding carboxylic acids is 2. The summed E-state index contributed by atoms with van der Waals surface area (Å²) >= 11 is 6.78. The molecule has 2 rings (SSSR count). The standard InChI is InChI=1S/C12H8ClN3O4S/c13-10-6-5-9(21-10)12(18)15-14-11(17)7-1-3-8(4-2-7)16(19)20/h1-6H,(H,14,17)(H,15,18). The number of hydrogen-bond donors (Lipinski definition) is 2. The molecule has 0 aliphatic heterocycles. The number of hydrazine groups is 1. The maximum absolute atomic E-state index is 11.7. The van der Waals surface area contributed by atoms with Gasteiger partial charge in [0.25, 0.3) is 17.5 Å². The van der Waals surface area contributed by atoms with Crippen molar-refractivity contribution in [3.8, 4) is 0 Å². The van der Waals surface area contributed by atoms with Gasteiger partial charge in [0.05, 0.1) is 14.1 Å². The number of rotatable bonds is 3. The molecule has 0 bridgehead atoms. The smallest absolute Gasteiger partial charge is 0.267 e. The van der Waals surface area contributed by atoms with Gasteiger partial charge >= 0.3 is 0 Å². The van der Waals surface area contributed by atoms with E-state index in [0.717, 1.165) is 11.3 Å². The van der Waals surface area contributed by atoms with Crippen LogP contribution in [0.3, 0.4) is 0 Å². The Kier molecular flexibility index (Phi) is 4.51. The number of nitrogens with one attached hydrogen (secondary N) is 2. The minimum atomic E-state index is -0.582. The summed E-state index contributed by atoms with van der Waals surface area (Å²) in [6, 6.07) is 8.09. The van der Waals surface area contributed by atoms with Gasteiger partial charge in [0.2, 0.25) is 0 Å². The normalized spacial score (nSPS) is 9.95. The minimum absolute atomic E-state index is 0.121. The van der Waals surface area contributed by atoms with E-state index in [9.17, 15) is 19.7 Å². The zero-order valence-corrected chi connectivity index (χ0v) is 11.9. The first-order valence-electron chi connectivity index (χ1n) is 5.58. The molecule has 0 saturated carbocycles. The van der Waals surface area contributed by atoms with Gasteiger partial charge in [-0.3, -0.25) is 30.6 Å². The maximum atomic E-state index is 11.7. The molecule has 1 aromatic heterocycles. The van der Waals surface area contributed by atoms with Crippen molar-refractivity contribution >= 4 is 40.4 Å². The Morgan fingerprint density at radius 2 is 1.67 bits per heavy atom. The van der Waals surface area contributed by atoms with E-state index in [1.807, 2.05) is 0 Å². The molecular weight excluding hydrogens is 318 g/mol. The first kappa shape index (κ1) is 14.9. The summed E-state index contributed by atoms with van der Waals surface area (Å²) in [6.45, 7) is 0. The van der Waals surface area contributed by atoms with Crippen LogP contribution in [0, 0.1) is 10.1 Å². The molecule has 0 saturated heterocycles. The van der Waals surface area contributed by atoms with E-state index in [4.69, 9.17) is 11.6 Å². The molecule has 0 aliphatic carbocycles. The average Bonchev–Trinajstić information content (AvgIpc) is 2.91. The van der Waals surface area contributed by atoms with E-state index < -0.39 is 16.7 Å². The summed E-state index contributed by atoms with van der Waals surface area (Å²) < 4.78 is 0.460. The molecule has 2 aromatic rings. The first-order valence-corrected chi connectivity index (χ1v) is 6.77. The number of thiophene rings is 1. The molecule has 1 aromatic carbocycles. The molecule has 1 heterocycles. The van der Waals surface area contributed by atoms with Gasteiger partial charge in [-0.25, -0.2) is 0 Å². The lowest BCUT2D eigenvalue weighted by atomic mass is 10.2. The fourth-order valence-corrected chi connectivity index (χ4v) is 2.36. The number of halogens is 1. The van der Waals surface area contributed by atoms with E-state index in [2.05, 4.69) is 10.9 Å². The van der Waals surface area contributed by atoms with Crippen molar-refractivity contribution in [2.45, 2.75) is 0 Å². The van der Waals surface area contributed by atoms with Gasteiger partial charge in [-0.1, -0.05) is 11.6 Å². The van der Waals surface area contributed by atoms with E-state index in [1.54, 1.807) is 6.07 Å². The number of carbonyl (C=O) groups is 2. The quantitative estimate of drug-likeness (QED) is 0.668. The Balaban J connectivity index is 1.95. The third-order valence-corrected chi connectivity index (χ3v) is 3.66. The van der Waals surface area contributed by atoms with Gasteiger partial charge < -0.3 is 0 Å². The van der Waals surface area contributed by atoms with E-state index >= 15 is 0 Å². The van der Waals surface area contributed by atoms with Crippen molar-refractivity contribution < 1.29 is 14.5 Å². The number of nitrogens with zero attached hydrogens (tertiary/aromatic N) is 1. The van der Waals surface area contributed by atoms with Crippen molar-refractivity contribution in [1.29, 1.82) is 0 Å². The topological polar surface area (TPSA) is 101 Å². The van der Waals surface area contributed by atoms with Crippen molar-refractivity contribution in [3.63, 3.8) is 0 Å². The lowest BCUT2D eigenvalue weighted by molar-refractivity contribution is -0.384. The zero-order chi connectivity index (χ0) is 15.4. The molecule has 0 radical (unpaired) electrons. The number of nitro groups is 1. The molecule has 0 aliphatic rings. The van der Waals surface area contributed by atoms with Crippen LogP contribution >= 0.6 is 22.9 Å². The average molecular weight is 326 g/mol. The summed E-state index contributed by atoms with van der Waals surface area (Å²) in [5, 5.41) is 10.5. The van der Waals surface area contributed by atoms with Crippen LogP contribution in [-0.4, -0.2) is 16.7 Å². The van der Waals surface area contributed by atoms with Crippen molar-refractivity contribution in [2.75, 3.05) is 0 Å². The Hall–Kier alpha value is -2.45. The fourth-order valence-electron chi connectivity index (χ4n) is 1.42. The molecule has 2 amide bonds. The van der Waals surface area contributed by atoms with Crippen LogP contribution in [0.15, 0.2) is 36.4 Å². The molecule has 9 heteroatoms. The molecule has 0 spiro atoms. The van der Waals surface area contributed by atoms with Gasteiger partial charge in [-0.15, -0.1) is 11.3 Å². The highest BCUT2D eigenvalue weighted by Gasteiger charge is 2.12. The van der Waals surface area contributed by atoms with Crippen LogP contribution < -0.4 is 10.9 Å². The molecule has 2 N–H and O–H groups in total. The van der Waals surface area contributed by atoms with Crippen LogP contribution in [-0.2, 0) is 0 Å². The van der Waals surface area contributed by atoms with Crippen LogP contribution in [0.2, 0.25) is 4.34 Å². The van der Waals surface area contributed by atoms with Crippen LogP contribution in [0.4, 0.5) is 5.69 Å². The maximum Gasteiger partial charge on any atom is 0.279 e. The molecule has 0 unspecified atom stereocenters. The number of amides is 2. The van der Waals surface area contributed by atoms with E-state index in [1.165, 1.54) is 30.3 Å². The zero-order valence-electron chi connectivity index (χ0n) is 10.3. The van der Waals surface area contributed by atoms with Gasteiger partial charge in [-0.05, 0) is 24.3 Å². The Bertz CT molecular complexity index is 699. The third-order valence-electron chi connectivity index (χ3n) is 2.43. The van der Waals surface area contributed by atoms with Crippen molar-refractivity contribution in [1.82, 2.24) is 10.9 Å². The Morgan fingerprint density at radius 3 is 2.19 bits per heavy atom. The largest absolute Gasteiger partial charge is 0.279 e. The predicted molar refractivity (Wildman–Crippen MR) is 77.4 cm³/mol. The summed E-state index contributed by atoms with van der Waals surface area (Å²) in [4.78, 5) is 33.7. The fraction of sp³-hybridized carbons (Fsp3) is 0. The summed E-state index contributed by atoms with van der Waals surface area (Å²) in [5.74, 6) is -1.08. The highest BCUT2D eigenvalue weighted by molar-refractivity contribution is 7.17. The number of non-ortho nitro benzene ring substituents is 1. The first-order chi connectivity index (χ1) is 9.97. The molecule has 108 valence electrons. The second kappa shape index (κ2) is 6.33. The second-order valence-corrected chi connectivity index (χ2v) is 5.53. The minimum Gasteiger partial charge on any atom is -0.267 e. The van der Waals surface area contributed by atoms with E-state index in [-0.39, 0.29) is 11.3 Å². The van der Waals surface area contributed by atoms with Gasteiger partial charge in [0.15, 0.2) is 0 Å².